The third kappa shape index (κ3) is 4.69. The van der Waals surface area contributed by atoms with Gasteiger partial charge in [0, 0.05) is 34.6 Å². The normalized spacial score (nSPS) is 13.1. The van der Waals surface area contributed by atoms with Crippen LogP contribution in [-0.4, -0.2) is 17.9 Å². The van der Waals surface area contributed by atoms with Crippen LogP contribution in [0.3, 0.4) is 0 Å². The molecular formula is C24H17F6NOS. The molecule has 0 radical (unpaired) electrons. The van der Waals surface area contributed by atoms with Gasteiger partial charge in [0.15, 0.2) is 0 Å². The van der Waals surface area contributed by atoms with Gasteiger partial charge in [0.1, 0.15) is 6.73 Å². The molecule has 0 saturated heterocycles. The maximum Gasteiger partial charge on any atom is 0.416 e. The predicted molar refractivity (Wildman–Crippen MR) is 117 cm³/mol. The van der Waals surface area contributed by atoms with E-state index >= 15 is 0 Å². The first kappa shape index (κ1) is 23.1. The lowest BCUT2D eigenvalue weighted by molar-refractivity contribution is -0.137. The Bertz CT molecular complexity index is 1280. The lowest BCUT2D eigenvalue weighted by atomic mass is 9.96. The van der Waals surface area contributed by atoms with Crippen LogP contribution in [0.1, 0.15) is 16.0 Å². The number of hydrogen-bond acceptors (Lipinski definition) is 2. The fourth-order valence-electron chi connectivity index (χ4n) is 3.82. The van der Waals surface area contributed by atoms with Crippen LogP contribution >= 0.6 is 11.3 Å². The second-order valence-electron chi connectivity index (χ2n) is 7.24. The average molecular weight is 481 g/mol. The second-order valence-corrected chi connectivity index (χ2v) is 8.19. The summed E-state index contributed by atoms with van der Waals surface area (Å²) in [4.78, 5) is 0.348. The topological polar surface area (TPSA) is 14.2 Å². The van der Waals surface area contributed by atoms with Gasteiger partial charge >= 0.3 is 12.4 Å². The number of thiophene rings is 1. The monoisotopic (exact) mass is 481 g/mol. The van der Waals surface area contributed by atoms with E-state index in [0.717, 1.165) is 23.5 Å². The van der Waals surface area contributed by atoms with Crippen LogP contribution in [0.2, 0.25) is 0 Å². The van der Waals surface area contributed by atoms with Gasteiger partial charge in [0.05, 0.1) is 16.8 Å². The largest absolute Gasteiger partial charge is 0.416 e. The lowest BCUT2D eigenvalue weighted by Crippen LogP contribution is -2.06. The number of aromatic nitrogens is 1. The molecule has 0 unspecified atom stereocenters. The number of methoxy groups -OCH3 is 1. The van der Waals surface area contributed by atoms with Crippen LogP contribution in [0.5, 0.6) is 0 Å². The Balaban J connectivity index is 2.17. The van der Waals surface area contributed by atoms with Crippen molar-refractivity contribution in [2.45, 2.75) is 19.1 Å². The Morgan fingerprint density at radius 3 is 2.27 bits per heavy atom. The molecule has 2 nitrogen and oxygen atoms in total. The molecule has 0 atom stereocenters. The zero-order chi connectivity index (χ0) is 23.8. The summed E-state index contributed by atoms with van der Waals surface area (Å²) in [6.45, 7) is -0.147. The highest BCUT2D eigenvalue weighted by Crippen LogP contribution is 2.44. The number of halogens is 6. The molecule has 0 fully saturated rings. The van der Waals surface area contributed by atoms with Gasteiger partial charge in [-0.15, -0.1) is 11.3 Å². The molecule has 0 saturated carbocycles. The van der Waals surface area contributed by atoms with Crippen LogP contribution < -0.4 is 0 Å². The molecule has 33 heavy (non-hydrogen) atoms. The van der Waals surface area contributed by atoms with Gasteiger partial charge in [0.25, 0.3) is 0 Å². The minimum atomic E-state index is -4.64. The highest BCUT2D eigenvalue weighted by molar-refractivity contribution is 7.11. The fourth-order valence-corrected chi connectivity index (χ4v) is 4.57. The molecule has 2 heterocycles. The molecule has 0 N–H and O–H groups in total. The van der Waals surface area contributed by atoms with Gasteiger partial charge in [0.2, 0.25) is 0 Å². The maximum atomic E-state index is 13.6. The molecule has 0 spiro atoms. The number of alkyl halides is 6. The molecule has 2 aromatic heterocycles. The molecule has 4 aromatic rings. The van der Waals surface area contributed by atoms with Crippen molar-refractivity contribution in [2.24, 2.45) is 0 Å². The molecule has 9 heteroatoms. The van der Waals surface area contributed by atoms with Gasteiger partial charge in [-0.3, -0.25) is 0 Å². The van der Waals surface area contributed by atoms with E-state index in [4.69, 9.17) is 4.74 Å². The number of benzene rings is 2. The highest BCUT2D eigenvalue weighted by atomic mass is 32.1. The summed E-state index contributed by atoms with van der Waals surface area (Å²) in [5.74, 6) is 0. The third-order valence-electron chi connectivity index (χ3n) is 5.06. The first-order chi connectivity index (χ1) is 15.6. The smallest absolute Gasteiger partial charge is 0.364 e. The Morgan fingerprint density at radius 2 is 1.70 bits per heavy atom. The molecule has 0 aliphatic carbocycles. The summed E-state index contributed by atoms with van der Waals surface area (Å²) in [6, 6.07) is 14.8. The van der Waals surface area contributed by atoms with Crippen LogP contribution in [0.15, 0.2) is 72.1 Å². The number of hydrogen-bond donors (Lipinski definition) is 0. The molecule has 0 aliphatic rings. The minimum Gasteiger partial charge on any atom is -0.364 e. The zero-order valence-electron chi connectivity index (χ0n) is 17.2. The standard InChI is InChI=1S/C24H17F6NOS/c1-32-14-31-19-12-16(24(28,29)30)9-10-17(19)21(22(31)15-6-3-2-4-7-15)18(13-23(25,26)27)20-8-5-11-33-20/h2-13H,14H2,1H3/b18-13-. The number of rotatable bonds is 5. The van der Waals surface area contributed by atoms with E-state index in [1.807, 2.05) is 0 Å². The number of fused-ring (bicyclic) bond motifs is 1. The Labute approximate surface area is 189 Å². The van der Waals surface area contributed by atoms with Crippen molar-refractivity contribution in [1.29, 1.82) is 0 Å². The van der Waals surface area contributed by atoms with Gasteiger partial charge in [-0.2, -0.15) is 26.3 Å². The van der Waals surface area contributed by atoms with Gasteiger partial charge in [-0.25, -0.2) is 0 Å². The predicted octanol–water partition coefficient (Wildman–Crippen LogP) is 7.99. The molecule has 0 aliphatic heterocycles. The van der Waals surface area contributed by atoms with Crippen molar-refractivity contribution < 1.29 is 31.1 Å². The molecule has 4 rings (SSSR count). The van der Waals surface area contributed by atoms with Crippen LogP contribution in [0.25, 0.3) is 27.7 Å². The number of allylic oxidation sites excluding steroid dienone is 1. The summed E-state index contributed by atoms with van der Waals surface area (Å²) < 4.78 is 88.1. The SMILES string of the molecule is COCn1c(-c2ccccc2)c(/C(=C\C(F)(F)F)c2cccs2)c2ccc(C(F)(F)F)cc21. The van der Waals surface area contributed by atoms with Gasteiger partial charge in [-0.1, -0.05) is 42.5 Å². The molecular weight excluding hydrogens is 464 g/mol. The quantitative estimate of drug-likeness (QED) is 0.264. The molecule has 2 aromatic carbocycles. The summed E-state index contributed by atoms with van der Waals surface area (Å²) in [5, 5.41) is 1.92. The van der Waals surface area contributed by atoms with E-state index in [1.54, 1.807) is 47.8 Å². The van der Waals surface area contributed by atoms with Crippen molar-refractivity contribution >= 4 is 27.8 Å². The molecule has 0 amide bonds. The fraction of sp³-hybridized carbons (Fsp3) is 0.167. The summed E-state index contributed by atoms with van der Waals surface area (Å²) in [7, 11) is 1.37. The van der Waals surface area contributed by atoms with Crippen LogP contribution in [0, 0.1) is 0 Å². The highest BCUT2D eigenvalue weighted by Gasteiger charge is 2.33. The van der Waals surface area contributed by atoms with Crippen molar-refractivity contribution in [3.05, 3.63) is 88.1 Å². The van der Waals surface area contributed by atoms with Gasteiger partial charge < -0.3 is 9.30 Å². The Morgan fingerprint density at radius 1 is 0.970 bits per heavy atom. The van der Waals surface area contributed by atoms with Crippen LogP contribution in [-0.2, 0) is 17.6 Å². The molecule has 172 valence electrons. The van der Waals surface area contributed by atoms with E-state index in [0.29, 0.717) is 16.1 Å². The Hall–Kier alpha value is -3.04. The minimum absolute atomic E-state index is 0.115. The van der Waals surface area contributed by atoms with Crippen molar-refractivity contribution in [3.8, 4) is 11.3 Å². The van der Waals surface area contributed by atoms with E-state index in [1.165, 1.54) is 17.7 Å². The summed E-state index contributed by atoms with van der Waals surface area (Å²) in [5.41, 5.74) is 0.214. The number of nitrogens with zero attached hydrogens (tertiary/aromatic N) is 1. The second kappa shape index (κ2) is 8.72. The first-order valence-corrected chi connectivity index (χ1v) is 10.6. The van der Waals surface area contributed by atoms with E-state index < -0.39 is 17.9 Å². The maximum absolute atomic E-state index is 13.6. The zero-order valence-corrected chi connectivity index (χ0v) is 18.0. The summed E-state index contributed by atoms with van der Waals surface area (Å²) in [6.07, 6.45) is -9.05. The lowest BCUT2D eigenvalue weighted by Gasteiger charge is -2.14. The van der Waals surface area contributed by atoms with Crippen molar-refractivity contribution in [2.75, 3.05) is 7.11 Å². The van der Waals surface area contributed by atoms with E-state index in [2.05, 4.69) is 0 Å². The van der Waals surface area contributed by atoms with Crippen molar-refractivity contribution in [1.82, 2.24) is 4.57 Å². The average Bonchev–Trinajstić information content (AvgIpc) is 3.38. The number of ether oxygens (including phenoxy) is 1. The van der Waals surface area contributed by atoms with Crippen molar-refractivity contribution in [3.63, 3.8) is 0 Å². The summed E-state index contributed by atoms with van der Waals surface area (Å²) >= 11 is 1.12. The van der Waals surface area contributed by atoms with Crippen LogP contribution in [0.4, 0.5) is 26.3 Å². The first-order valence-electron chi connectivity index (χ1n) is 9.72. The molecule has 0 bridgehead atoms. The third-order valence-corrected chi connectivity index (χ3v) is 5.96. The Kier molecular flexibility index (Phi) is 6.11. The van der Waals surface area contributed by atoms with E-state index in [-0.39, 0.29) is 34.8 Å². The van der Waals surface area contributed by atoms with Gasteiger partial charge in [-0.05, 0) is 29.1 Å². The van der Waals surface area contributed by atoms with E-state index in [9.17, 15) is 26.3 Å².